The number of anilines is 1. The van der Waals surface area contributed by atoms with Gasteiger partial charge in [-0.05, 0) is 31.5 Å². The summed E-state index contributed by atoms with van der Waals surface area (Å²) in [5.74, 6) is 0. The Morgan fingerprint density at radius 3 is 2.92 bits per heavy atom. The minimum atomic E-state index is 0.439. The predicted octanol–water partition coefficient (Wildman–Crippen LogP) is 1.48. The van der Waals surface area contributed by atoms with Gasteiger partial charge in [0.25, 0.3) is 0 Å². The van der Waals surface area contributed by atoms with Crippen LogP contribution in [-0.2, 0) is 0 Å². The van der Waals surface area contributed by atoms with Crippen molar-refractivity contribution in [3.05, 3.63) is 24.0 Å². The number of piperidine rings is 1. The summed E-state index contributed by atoms with van der Waals surface area (Å²) < 4.78 is 0. The molecule has 1 aromatic heterocycles. The van der Waals surface area contributed by atoms with E-state index in [0.29, 0.717) is 6.04 Å². The van der Waals surface area contributed by atoms with E-state index in [1.54, 1.807) is 6.20 Å². The van der Waals surface area contributed by atoms with Crippen LogP contribution in [-0.4, -0.2) is 11.5 Å². The molecular weight excluding hydrogens is 162 g/mol. The lowest BCUT2D eigenvalue weighted by Crippen LogP contribution is -2.27. The summed E-state index contributed by atoms with van der Waals surface area (Å²) in [5, 5.41) is 3.45. The fourth-order valence-corrected chi connectivity index (χ4v) is 1.73. The molecule has 3 N–H and O–H groups in total. The molecule has 0 aliphatic carbocycles. The summed E-state index contributed by atoms with van der Waals surface area (Å²) in [6, 6.07) is 4.37. The van der Waals surface area contributed by atoms with Crippen molar-refractivity contribution in [2.24, 2.45) is 0 Å². The van der Waals surface area contributed by atoms with Gasteiger partial charge in [-0.15, -0.1) is 0 Å². The Morgan fingerprint density at radius 2 is 2.31 bits per heavy atom. The fraction of sp³-hybridized carbons (Fsp3) is 0.500. The zero-order chi connectivity index (χ0) is 9.10. The second kappa shape index (κ2) is 3.75. The summed E-state index contributed by atoms with van der Waals surface area (Å²) >= 11 is 0. The average Bonchev–Trinajstić information content (AvgIpc) is 2.20. The van der Waals surface area contributed by atoms with Crippen molar-refractivity contribution < 1.29 is 0 Å². The highest BCUT2D eigenvalue weighted by Crippen LogP contribution is 2.21. The third-order valence-electron chi connectivity index (χ3n) is 2.48. The molecule has 1 saturated heterocycles. The van der Waals surface area contributed by atoms with E-state index in [1.165, 1.54) is 19.3 Å². The molecule has 2 rings (SSSR count). The molecule has 0 unspecified atom stereocenters. The number of nitrogen functional groups attached to an aromatic ring is 1. The zero-order valence-corrected chi connectivity index (χ0v) is 7.66. The number of rotatable bonds is 1. The number of nitrogens with one attached hydrogen (secondary N) is 1. The van der Waals surface area contributed by atoms with Crippen LogP contribution in [0.2, 0.25) is 0 Å². The molecule has 0 radical (unpaired) electrons. The molecule has 0 amide bonds. The molecule has 1 aliphatic heterocycles. The SMILES string of the molecule is Nc1ccc([C@@H]2CCCCN2)nc1. The number of hydrogen-bond acceptors (Lipinski definition) is 3. The minimum Gasteiger partial charge on any atom is -0.397 e. The van der Waals surface area contributed by atoms with Gasteiger partial charge < -0.3 is 11.1 Å². The Morgan fingerprint density at radius 1 is 1.38 bits per heavy atom. The summed E-state index contributed by atoms with van der Waals surface area (Å²) in [7, 11) is 0. The second-order valence-corrected chi connectivity index (χ2v) is 3.52. The first-order valence-electron chi connectivity index (χ1n) is 4.81. The van der Waals surface area contributed by atoms with Gasteiger partial charge in [0.1, 0.15) is 0 Å². The van der Waals surface area contributed by atoms with Gasteiger partial charge in [0, 0.05) is 6.04 Å². The van der Waals surface area contributed by atoms with Crippen molar-refractivity contribution in [1.82, 2.24) is 10.3 Å². The van der Waals surface area contributed by atoms with Gasteiger partial charge in [-0.25, -0.2) is 0 Å². The van der Waals surface area contributed by atoms with E-state index in [1.807, 2.05) is 12.1 Å². The molecule has 1 atom stereocenters. The largest absolute Gasteiger partial charge is 0.397 e. The molecule has 0 spiro atoms. The first-order chi connectivity index (χ1) is 6.36. The van der Waals surface area contributed by atoms with E-state index in [2.05, 4.69) is 10.3 Å². The van der Waals surface area contributed by atoms with Crippen LogP contribution < -0.4 is 11.1 Å². The lowest BCUT2D eigenvalue weighted by Gasteiger charge is -2.22. The van der Waals surface area contributed by atoms with E-state index in [4.69, 9.17) is 5.73 Å². The normalized spacial score (nSPS) is 22.9. The minimum absolute atomic E-state index is 0.439. The van der Waals surface area contributed by atoms with Gasteiger partial charge in [-0.2, -0.15) is 0 Å². The molecule has 1 aromatic rings. The molecule has 13 heavy (non-hydrogen) atoms. The van der Waals surface area contributed by atoms with Crippen molar-refractivity contribution in [3.8, 4) is 0 Å². The Balaban J connectivity index is 2.10. The van der Waals surface area contributed by atoms with E-state index in [0.717, 1.165) is 17.9 Å². The number of nitrogens with zero attached hydrogens (tertiary/aromatic N) is 1. The van der Waals surface area contributed by atoms with E-state index in [-0.39, 0.29) is 0 Å². The van der Waals surface area contributed by atoms with Crippen LogP contribution in [0, 0.1) is 0 Å². The van der Waals surface area contributed by atoms with Gasteiger partial charge in [0.2, 0.25) is 0 Å². The Bertz CT molecular complexity index is 262. The maximum Gasteiger partial charge on any atom is 0.0574 e. The van der Waals surface area contributed by atoms with Crippen LogP contribution >= 0.6 is 0 Å². The summed E-state index contributed by atoms with van der Waals surface area (Å²) in [6.45, 7) is 1.11. The highest BCUT2D eigenvalue weighted by Gasteiger charge is 2.14. The van der Waals surface area contributed by atoms with Gasteiger partial charge in [0.15, 0.2) is 0 Å². The first kappa shape index (κ1) is 8.51. The van der Waals surface area contributed by atoms with Crippen LogP contribution in [0.15, 0.2) is 18.3 Å². The number of pyridine rings is 1. The van der Waals surface area contributed by atoms with Crippen molar-refractivity contribution in [2.75, 3.05) is 12.3 Å². The molecule has 2 heterocycles. The van der Waals surface area contributed by atoms with E-state index >= 15 is 0 Å². The standard InChI is InChI=1S/C10H15N3/c11-8-4-5-10(13-7-8)9-3-1-2-6-12-9/h4-5,7,9,12H,1-3,6,11H2/t9-/m0/s1. The van der Waals surface area contributed by atoms with Crippen molar-refractivity contribution in [3.63, 3.8) is 0 Å². The molecule has 0 bridgehead atoms. The molecule has 0 saturated carbocycles. The smallest absolute Gasteiger partial charge is 0.0574 e. The van der Waals surface area contributed by atoms with E-state index in [9.17, 15) is 0 Å². The third-order valence-corrected chi connectivity index (χ3v) is 2.48. The summed E-state index contributed by atoms with van der Waals surface area (Å²) in [4.78, 5) is 4.31. The molecule has 1 fully saturated rings. The van der Waals surface area contributed by atoms with Crippen LogP contribution in [0.1, 0.15) is 31.0 Å². The van der Waals surface area contributed by atoms with Gasteiger partial charge in [0.05, 0.1) is 17.6 Å². The van der Waals surface area contributed by atoms with Crippen LogP contribution in [0.5, 0.6) is 0 Å². The third kappa shape index (κ3) is 1.98. The number of hydrogen-bond donors (Lipinski definition) is 2. The summed E-state index contributed by atoms with van der Waals surface area (Å²) in [6.07, 6.45) is 5.50. The number of nitrogens with two attached hydrogens (primary N) is 1. The quantitative estimate of drug-likeness (QED) is 0.683. The fourth-order valence-electron chi connectivity index (χ4n) is 1.73. The lowest BCUT2D eigenvalue weighted by atomic mass is 10.0. The van der Waals surface area contributed by atoms with E-state index < -0.39 is 0 Å². The predicted molar refractivity (Wildman–Crippen MR) is 53.2 cm³/mol. The maximum absolute atomic E-state index is 5.57. The Kier molecular flexibility index (Phi) is 2.45. The van der Waals surface area contributed by atoms with Gasteiger partial charge >= 0.3 is 0 Å². The van der Waals surface area contributed by atoms with Crippen LogP contribution in [0.3, 0.4) is 0 Å². The Hall–Kier alpha value is -1.09. The van der Waals surface area contributed by atoms with Crippen LogP contribution in [0.4, 0.5) is 5.69 Å². The van der Waals surface area contributed by atoms with Crippen molar-refractivity contribution in [1.29, 1.82) is 0 Å². The van der Waals surface area contributed by atoms with Crippen LogP contribution in [0.25, 0.3) is 0 Å². The van der Waals surface area contributed by atoms with Gasteiger partial charge in [-0.3, -0.25) is 4.98 Å². The summed E-state index contributed by atoms with van der Waals surface area (Å²) in [5.41, 5.74) is 7.43. The lowest BCUT2D eigenvalue weighted by molar-refractivity contribution is 0.405. The molecule has 0 aromatic carbocycles. The van der Waals surface area contributed by atoms with Crippen molar-refractivity contribution in [2.45, 2.75) is 25.3 Å². The molecule has 3 nitrogen and oxygen atoms in total. The Labute approximate surface area is 78.4 Å². The number of aromatic nitrogens is 1. The average molecular weight is 177 g/mol. The second-order valence-electron chi connectivity index (χ2n) is 3.52. The topological polar surface area (TPSA) is 50.9 Å². The highest BCUT2D eigenvalue weighted by atomic mass is 14.9. The molecule has 3 heteroatoms. The van der Waals surface area contributed by atoms with Crippen molar-refractivity contribution >= 4 is 5.69 Å². The molecular formula is C10H15N3. The maximum atomic E-state index is 5.57. The molecule has 1 aliphatic rings. The monoisotopic (exact) mass is 177 g/mol. The van der Waals surface area contributed by atoms with Gasteiger partial charge in [-0.1, -0.05) is 6.42 Å². The highest BCUT2D eigenvalue weighted by molar-refractivity contribution is 5.35. The zero-order valence-electron chi connectivity index (χ0n) is 7.66. The first-order valence-corrected chi connectivity index (χ1v) is 4.81. The molecule has 70 valence electrons.